The molecule has 8 heteroatoms. The second kappa shape index (κ2) is 10.5. The highest BCUT2D eigenvalue weighted by atomic mass is 16.6. The number of ether oxygens (including phenoxy) is 2. The summed E-state index contributed by atoms with van der Waals surface area (Å²) in [4.78, 5) is 22.6. The number of hydrogen-bond donors (Lipinski definition) is 1. The SMILES string of the molecule is COc1cc(/C=N/NC(=O)Cc2ccccc2[N+](=O)[O-])ccc1OCc1ccccc1. The third-order valence-corrected chi connectivity index (χ3v) is 4.37. The molecule has 0 aliphatic carbocycles. The maximum Gasteiger partial charge on any atom is 0.273 e. The zero-order valence-corrected chi connectivity index (χ0v) is 16.9. The Bertz CT molecular complexity index is 1080. The van der Waals surface area contributed by atoms with Crippen LogP contribution in [0.3, 0.4) is 0 Å². The molecule has 0 saturated heterocycles. The van der Waals surface area contributed by atoms with Crippen molar-refractivity contribution in [2.45, 2.75) is 13.0 Å². The minimum absolute atomic E-state index is 0.0996. The van der Waals surface area contributed by atoms with Crippen LogP contribution >= 0.6 is 0 Å². The number of nitrogens with one attached hydrogen (secondary N) is 1. The zero-order chi connectivity index (χ0) is 22.1. The fraction of sp³-hybridized carbons (Fsp3) is 0.130. The molecule has 0 radical (unpaired) electrons. The Balaban J connectivity index is 1.59. The van der Waals surface area contributed by atoms with Crippen LogP contribution in [0.2, 0.25) is 0 Å². The lowest BCUT2D eigenvalue weighted by Gasteiger charge is -2.11. The van der Waals surface area contributed by atoms with Crippen molar-refractivity contribution in [3.05, 3.63) is 99.6 Å². The Morgan fingerprint density at radius 1 is 1.06 bits per heavy atom. The van der Waals surface area contributed by atoms with Crippen molar-refractivity contribution < 1.29 is 19.2 Å². The number of methoxy groups -OCH3 is 1. The van der Waals surface area contributed by atoms with E-state index < -0.39 is 10.8 Å². The number of nitro benzene ring substituents is 1. The standard InChI is InChI=1S/C23H21N3O5/c1-30-22-13-18(11-12-21(22)31-16-17-7-3-2-4-8-17)15-24-25-23(27)14-19-9-5-6-10-20(19)26(28)29/h2-13,15H,14,16H2,1H3,(H,25,27)/b24-15+. The van der Waals surface area contributed by atoms with Crippen molar-refractivity contribution in [2.24, 2.45) is 5.10 Å². The molecule has 3 aromatic rings. The molecule has 0 aliphatic rings. The summed E-state index contributed by atoms with van der Waals surface area (Å²) in [6, 6.07) is 21.2. The summed E-state index contributed by atoms with van der Waals surface area (Å²) in [5, 5.41) is 15.0. The van der Waals surface area contributed by atoms with Gasteiger partial charge in [-0.15, -0.1) is 0 Å². The minimum atomic E-state index is -0.514. The molecule has 0 saturated carbocycles. The third kappa shape index (κ3) is 6.14. The number of hydrazone groups is 1. The molecule has 0 spiro atoms. The van der Waals surface area contributed by atoms with Crippen molar-refractivity contribution in [2.75, 3.05) is 7.11 Å². The molecule has 158 valence electrons. The molecule has 3 aromatic carbocycles. The Labute approximate surface area is 179 Å². The van der Waals surface area contributed by atoms with Gasteiger partial charge in [0.05, 0.1) is 24.7 Å². The van der Waals surface area contributed by atoms with Gasteiger partial charge in [-0.2, -0.15) is 5.10 Å². The first kappa shape index (κ1) is 21.5. The summed E-state index contributed by atoms with van der Waals surface area (Å²) < 4.78 is 11.2. The summed E-state index contributed by atoms with van der Waals surface area (Å²) in [5.74, 6) is 0.662. The zero-order valence-electron chi connectivity index (χ0n) is 16.9. The normalized spacial score (nSPS) is 10.6. The monoisotopic (exact) mass is 419 g/mol. The van der Waals surface area contributed by atoms with Crippen LogP contribution in [0.5, 0.6) is 11.5 Å². The molecule has 0 bridgehead atoms. The topological polar surface area (TPSA) is 103 Å². The first-order valence-electron chi connectivity index (χ1n) is 9.46. The first-order valence-corrected chi connectivity index (χ1v) is 9.46. The maximum atomic E-state index is 12.1. The summed E-state index contributed by atoms with van der Waals surface area (Å²) in [5.41, 5.74) is 4.33. The fourth-order valence-electron chi connectivity index (χ4n) is 2.85. The van der Waals surface area contributed by atoms with Gasteiger partial charge in [-0.3, -0.25) is 14.9 Å². The van der Waals surface area contributed by atoms with Crippen LogP contribution in [-0.2, 0) is 17.8 Å². The number of para-hydroxylation sites is 1. The maximum absolute atomic E-state index is 12.1. The number of carbonyl (C=O) groups excluding carboxylic acids is 1. The van der Waals surface area contributed by atoms with E-state index in [1.165, 1.54) is 12.3 Å². The highest BCUT2D eigenvalue weighted by Gasteiger charge is 2.15. The van der Waals surface area contributed by atoms with Crippen LogP contribution < -0.4 is 14.9 Å². The molecule has 0 fully saturated rings. The summed E-state index contributed by atoms with van der Waals surface area (Å²) in [6.45, 7) is 0.409. The molecular formula is C23H21N3O5. The highest BCUT2D eigenvalue weighted by molar-refractivity contribution is 5.84. The molecule has 0 aliphatic heterocycles. The summed E-state index contributed by atoms with van der Waals surface area (Å²) in [7, 11) is 1.54. The van der Waals surface area contributed by atoms with Crippen LogP contribution in [0.15, 0.2) is 77.9 Å². The van der Waals surface area contributed by atoms with Gasteiger partial charge in [0.2, 0.25) is 5.91 Å². The van der Waals surface area contributed by atoms with Crippen LogP contribution in [0.4, 0.5) is 5.69 Å². The molecule has 1 amide bonds. The Hall–Kier alpha value is -4.20. The van der Waals surface area contributed by atoms with Gasteiger partial charge >= 0.3 is 0 Å². The van der Waals surface area contributed by atoms with Gasteiger partial charge in [0, 0.05) is 11.6 Å². The number of nitrogens with zero attached hydrogens (tertiary/aromatic N) is 2. The van der Waals surface area contributed by atoms with Crippen LogP contribution in [0.25, 0.3) is 0 Å². The number of rotatable bonds is 9. The lowest BCUT2D eigenvalue weighted by atomic mass is 10.1. The number of carbonyl (C=O) groups is 1. The van der Waals surface area contributed by atoms with Gasteiger partial charge < -0.3 is 9.47 Å². The van der Waals surface area contributed by atoms with Crippen LogP contribution in [0.1, 0.15) is 16.7 Å². The van der Waals surface area contributed by atoms with E-state index in [9.17, 15) is 14.9 Å². The second-order valence-electron chi connectivity index (χ2n) is 6.54. The van der Waals surface area contributed by atoms with Gasteiger partial charge in [0.25, 0.3) is 5.69 Å². The van der Waals surface area contributed by atoms with Gasteiger partial charge in [-0.25, -0.2) is 5.43 Å². The second-order valence-corrected chi connectivity index (χ2v) is 6.54. The molecule has 0 heterocycles. The molecular weight excluding hydrogens is 398 g/mol. The van der Waals surface area contributed by atoms with Gasteiger partial charge in [-0.1, -0.05) is 48.5 Å². The smallest absolute Gasteiger partial charge is 0.273 e. The van der Waals surface area contributed by atoms with Crippen LogP contribution in [0, 0.1) is 10.1 Å². The quantitative estimate of drug-likeness (QED) is 0.322. The van der Waals surface area contributed by atoms with E-state index in [1.54, 1.807) is 43.5 Å². The fourth-order valence-corrected chi connectivity index (χ4v) is 2.85. The Kier molecular flexibility index (Phi) is 7.31. The predicted molar refractivity (Wildman–Crippen MR) is 116 cm³/mol. The van der Waals surface area contributed by atoms with Gasteiger partial charge in [-0.05, 0) is 29.3 Å². The summed E-state index contributed by atoms with van der Waals surface area (Å²) >= 11 is 0. The molecule has 0 atom stereocenters. The lowest BCUT2D eigenvalue weighted by molar-refractivity contribution is -0.385. The minimum Gasteiger partial charge on any atom is -0.493 e. The third-order valence-electron chi connectivity index (χ3n) is 4.37. The van der Waals surface area contributed by atoms with E-state index in [2.05, 4.69) is 10.5 Å². The largest absolute Gasteiger partial charge is 0.493 e. The Morgan fingerprint density at radius 2 is 1.81 bits per heavy atom. The predicted octanol–water partition coefficient (Wildman–Crippen LogP) is 3.88. The molecule has 1 N–H and O–H groups in total. The van der Waals surface area contributed by atoms with Crippen LogP contribution in [-0.4, -0.2) is 24.2 Å². The summed E-state index contributed by atoms with van der Waals surface area (Å²) in [6.07, 6.45) is 1.31. The molecule has 31 heavy (non-hydrogen) atoms. The average Bonchev–Trinajstić information content (AvgIpc) is 2.79. The molecule has 8 nitrogen and oxygen atoms in total. The number of amides is 1. The van der Waals surface area contributed by atoms with E-state index in [-0.39, 0.29) is 12.1 Å². The van der Waals surface area contributed by atoms with Crippen molar-refractivity contribution >= 4 is 17.8 Å². The lowest BCUT2D eigenvalue weighted by Crippen LogP contribution is -2.20. The van der Waals surface area contributed by atoms with E-state index in [0.29, 0.717) is 29.2 Å². The molecule has 0 aromatic heterocycles. The van der Waals surface area contributed by atoms with E-state index >= 15 is 0 Å². The van der Waals surface area contributed by atoms with E-state index in [1.807, 2.05) is 30.3 Å². The van der Waals surface area contributed by atoms with Crippen molar-refractivity contribution in [1.82, 2.24) is 5.43 Å². The van der Waals surface area contributed by atoms with E-state index in [4.69, 9.17) is 9.47 Å². The molecule has 0 unspecified atom stereocenters. The number of benzene rings is 3. The number of hydrogen-bond acceptors (Lipinski definition) is 6. The van der Waals surface area contributed by atoms with Gasteiger partial charge in [0.1, 0.15) is 6.61 Å². The van der Waals surface area contributed by atoms with E-state index in [0.717, 1.165) is 5.56 Å². The first-order chi connectivity index (χ1) is 15.1. The number of nitro groups is 1. The average molecular weight is 419 g/mol. The van der Waals surface area contributed by atoms with Gasteiger partial charge in [0.15, 0.2) is 11.5 Å². The Morgan fingerprint density at radius 3 is 2.55 bits per heavy atom. The van der Waals surface area contributed by atoms with Crippen molar-refractivity contribution in [3.8, 4) is 11.5 Å². The highest BCUT2D eigenvalue weighted by Crippen LogP contribution is 2.28. The molecule has 3 rings (SSSR count). The van der Waals surface area contributed by atoms with Crippen molar-refractivity contribution in [1.29, 1.82) is 0 Å². The van der Waals surface area contributed by atoms with Crippen molar-refractivity contribution in [3.63, 3.8) is 0 Å².